The van der Waals surface area contributed by atoms with Gasteiger partial charge in [-0.2, -0.15) is 0 Å². The number of thiophene rings is 1. The number of rotatable bonds is 6. The number of fused-ring (bicyclic) bond motifs is 3. The molecule has 0 N–H and O–H groups in total. The summed E-state index contributed by atoms with van der Waals surface area (Å²) in [5, 5.41) is 3.56. The molecule has 1 saturated carbocycles. The Hall–Kier alpha value is -1.24. The number of piperidine rings is 1. The lowest BCUT2D eigenvalue weighted by Crippen LogP contribution is -2.40. The van der Waals surface area contributed by atoms with Gasteiger partial charge in [-0.15, -0.1) is 11.3 Å². The zero-order chi connectivity index (χ0) is 18.4. The normalized spacial score (nSPS) is 28.3. The molecule has 0 amide bonds. The highest BCUT2D eigenvalue weighted by molar-refractivity contribution is 7.17. The third kappa shape index (κ3) is 3.26. The molecule has 4 heterocycles. The molecule has 3 aliphatic rings. The van der Waals surface area contributed by atoms with Crippen LogP contribution in [0.1, 0.15) is 51.0 Å². The highest BCUT2D eigenvalue weighted by Gasteiger charge is 2.46. The van der Waals surface area contributed by atoms with Gasteiger partial charge < -0.3 is 14.5 Å². The Morgan fingerprint density at radius 3 is 2.81 bits per heavy atom. The van der Waals surface area contributed by atoms with Gasteiger partial charge in [0.05, 0.1) is 18.1 Å². The fourth-order valence-corrected chi connectivity index (χ4v) is 6.30. The summed E-state index contributed by atoms with van der Waals surface area (Å²) in [5.74, 6) is 2.32. The van der Waals surface area contributed by atoms with Crippen LogP contribution in [0.5, 0.6) is 0 Å². The van der Waals surface area contributed by atoms with E-state index in [1.165, 1.54) is 43.3 Å². The van der Waals surface area contributed by atoms with E-state index in [2.05, 4.69) is 34.0 Å². The van der Waals surface area contributed by atoms with Crippen LogP contribution in [0.4, 0.5) is 5.82 Å². The van der Waals surface area contributed by atoms with Crippen molar-refractivity contribution >= 4 is 27.4 Å². The van der Waals surface area contributed by atoms with Crippen molar-refractivity contribution in [3.8, 4) is 0 Å². The van der Waals surface area contributed by atoms with Crippen molar-refractivity contribution in [2.45, 2.75) is 57.6 Å². The molecule has 0 spiro atoms. The average Bonchev–Trinajstić information content (AvgIpc) is 3.44. The summed E-state index contributed by atoms with van der Waals surface area (Å²) in [5.41, 5.74) is 1.40. The van der Waals surface area contributed by atoms with E-state index in [0.29, 0.717) is 24.0 Å². The van der Waals surface area contributed by atoms with E-state index in [-0.39, 0.29) is 0 Å². The molecular weight excluding hydrogens is 356 g/mol. The van der Waals surface area contributed by atoms with E-state index in [0.717, 1.165) is 36.8 Å². The second-order valence-electron chi connectivity index (χ2n) is 8.72. The minimum Gasteiger partial charge on any atom is -0.376 e. The van der Waals surface area contributed by atoms with E-state index >= 15 is 0 Å². The molecule has 146 valence electrons. The first-order chi connectivity index (χ1) is 13.2. The summed E-state index contributed by atoms with van der Waals surface area (Å²) >= 11 is 1.75. The predicted molar refractivity (Wildman–Crippen MR) is 111 cm³/mol. The molecule has 0 radical (unpaired) electrons. The van der Waals surface area contributed by atoms with Crippen LogP contribution in [0.25, 0.3) is 10.2 Å². The van der Waals surface area contributed by atoms with Crippen LogP contribution >= 0.6 is 11.3 Å². The second-order valence-corrected chi connectivity index (χ2v) is 9.58. The van der Waals surface area contributed by atoms with Crippen molar-refractivity contribution < 1.29 is 4.74 Å². The highest BCUT2D eigenvalue weighted by Crippen LogP contribution is 2.44. The van der Waals surface area contributed by atoms with Crippen LogP contribution in [0.2, 0.25) is 0 Å². The Morgan fingerprint density at radius 2 is 2.07 bits per heavy atom. The number of aromatic nitrogens is 2. The summed E-state index contributed by atoms with van der Waals surface area (Å²) in [6.07, 6.45) is 7.31. The molecule has 2 aliphatic heterocycles. The molecule has 2 bridgehead atoms. The summed E-state index contributed by atoms with van der Waals surface area (Å²) < 4.78 is 6.32. The van der Waals surface area contributed by atoms with Crippen molar-refractivity contribution in [2.75, 3.05) is 37.7 Å². The maximum atomic E-state index is 6.32. The Bertz CT molecular complexity index is 801. The van der Waals surface area contributed by atoms with Gasteiger partial charge in [-0.05, 0) is 55.6 Å². The second kappa shape index (κ2) is 7.30. The quantitative estimate of drug-likeness (QED) is 0.753. The van der Waals surface area contributed by atoms with Gasteiger partial charge in [0.1, 0.15) is 17.0 Å². The number of hydrogen-bond acceptors (Lipinski definition) is 6. The zero-order valence-electron chi connectivity index (χ0n) is 16.4. The van der Waals surface area contributed by atoms with Gasteiger partial charge in [-0.25, -0.2) is 9.97 Å². The molecule has 5 rings (SSSR count). The molecule has 2 aromatic rings. The van der Waals surface area contributed by atoms with E-state index in [1.54, 1.807) is 17.7 Å². The van der Waals surface area contributed by atoms with E-state index in [4.69, 9.17) is 9.72 Å². The number of ether oxygens (including phenoxy) is 1. The minimum atomic E-state index is 0.443. The van der Waals surface area contributed by atoms with Gasteiger partial charge in [-0.1, -0.05) is 13.8 Å². The standard InChI is InChI=1S/C21H30N4OS/c1-14(2)17-12-27-21-19(17)20(22-13-23-21)25-11-15-9-16(25)10-18(15)26-8-7-24-5-3-4-6-24/h12-16,18H,3-11H2,1-2H3. The average molecular weight is 387 g/mol. The van der Waals surface area contributed by atoms with Crippen molar-refractivity contribution in [1.82, 2.24) is 14.9 Å². The van der Waals surface area contributed by atoms with Crippen LogP contribution in [0.15, 0.2) is 11.7 Å². The summed E-state index contributed by atoms with van der Waals surface area (Å²) in [7, 11) is 0. The Kier molecular flexibility index (Phi) is 4.82. The van der Waals surface area contributed by atoms with Crippen LogP contribution < -0.4 is 4.90 Å². The van der Waals surface area contributed by atoms with Gasteiger partial charge in [0, 0.05) is 25.0 Å². The summed E-state index contributed by atoms with van der Waals surface area (Å²) in [4.78, 5) is 15.5. The first-order valence-corrected chi connectivity index (χ1v) is 11.4. The van der Waals surface area contributed by atoms with Crippen LogP contribution in [0, 0.1) is 5.92 Å². The van der Waals surface area contributed by atoms with Gasteiger partial charge in [0.15, 0.2) is 0 Å². The first kappa shape index (κ1) is 17.8. The lowest BCUT2D eigenvalue weighted by molar-refractivity contribution is 0.0149. The smallest absolute Gasteiger partial charge is 0.141 e. The van der Waals surface area contributed by atoms with E-state index < -0.39 is 0 Å². The molecule has 3 atom stereocenters. The molecule has 2 saturated heterocycles. The summed E-state index contributed by atoms with van der Waals surface area (Å²) in [6, 6.07) is 0.574. The van der Waals surface area contributed by atoms with Crippen LogP contribution in [0.3, 0.4) is 0 Å². The Morgan fingerprint density at radius 1 is 1.22 bits per heavy atom. The lowest BCUT2D eigenvalue weighted by atomic mass is 10.0. The van der Waals surface area contributed by atoms with Gasteiger partial charge in [0.25, 0.3) is 0 Å². The van der Waals surface area contributed by atoms with Gasteiger partial charge in [-0.3, -0.25) is 0 Å². The first-order valence-electron chi connectivity index (χ1n) is 10.5. The molecule has 2 aromatic heterocycles. The Labute approximate surface area is 165 Å². The Balaban J connectivity index is 1.27. The molecule has 3 unspecified atom stereocenters. The third-order valence-electron chi connectivity index (χ3n) is 6.69. The largest absolute Gasteiger partial charge is 0.376 e. The molecule has 0 aromatic carbocycles. The molecule has 27 heavy (non-hydrogen) atoms. The summed E-state index contributed by atoms with van der Waals surface area (Å²) in [6.45, 7) is 10.1. The zero-order valence-corrected chi connectivity index (χ0v) is 17.2. The monoisotopic (exact) mass is 386 g/mol. The topological polar surface area (TPSA) is 41.5 Å². The number of nitrogens with zero attached hydrogens (tertiary/aromatic N) is 4. The SMILES string of the molecule is CC(C)c1csc2ncnc(N3CC4CC3CC4OCCN3CCCC3)c12. The predicted octanol–water partition coefficient (Wildman–Crippen LogP) is 3.89. The highest BCUT2D eigenvalue weighted by atomic mass is 32.1. The van der Waals surface area contributed by atoms with Gasteiger partial charge in [0.2, 0.25) is 0 Å². The maximum absolute atomic E-state index is 6.32. The lowest BCUT2D eigenvalue weighted by Gasteiger charge is -2.33. The van der Waals surface area contributed by atoms with E-state index in [9.17, 15) is 0 Å². The number of likely N-dealkylation sites (tertiary alicyclic amines) is 1. The number of anilines is 1. The minimum absolute atomic E-state index is 0.443. The van der Waals surface area contributed by atoms with E-state index in [1.807, 2.05) is 0 Å². The molecule has 1 aliphatic carbocycles. The van der Waals surface area contributed by atoms with Crippen LogP contribution in [-0.2, 0) is 4.74 Å². The van der Waals surface area contributed by atoms with Crippen LogP contribution in [-0.4, -0.2) is 59.8 Å². The van der Waals surface area contributed by atoms with Crippen molar-refractivity contribution in [1.29, 1.82) is 0 Å². The molecule has 5 nitrogen and oxygen atoms in total. The number of hydrogen-bond donors (Lipinski definition) is 0. The van der Waals surface area contributed by atoms with Crippen molar-refractivity contribution in [3.05, 3.63) is 17.3 Å². The van der Waals surface area contributed by atoms with Gasteiger partial charge >= 0.3 is 0 Å². The molecule has 3 fully saturated rings. The fraction of sp³-hybridized carbons (Fsp3) is 0.714. The van der Waals surface area contributed by atoms with Crippen molar-refractivity contribution in [3.63, 3.8) is 0 Å². The molecule has 6 heteroatoms. The molecular formula is C21H30N4OS. The fourth-order valence-electron chi connectivity index (χ4n) is 5.23. The third-order valence-corrected chi connectivity index (χ3v) is 7.59. The maximum Gasteiger partial charge on any atom is 0.141 e. The van der Waals surface area contributed by atoms with Crippen molar-refractivity contribution in [2.24, 2.45) is 5.92 Å².